The van der Waals surface area contributed by atoms with E-state index in [2.05, 4.69) is 40.2 Å². The second-order valence-corrected chi connectivity index (χ2v) is 6.23. The third-order valence-electron chi connectivity index (χ3n) is 3.18. The molecule has 0 unspecified atom stereocenters. The molecule has 1 aromatic rings. The number of rotatable bonds is 9. The Hall–Kier alpha value is -1.19. The van der Waals surface area contributed by atoms with Crippen molar-refractivity contribution in [1.82, 2.24) is 9.77 Å². The third kappa shape index (κ3) is 8.87. The monoisotopic (exact) mass is 350 g/mol. The van der Waals surface area contributed by atoms with Crippen LogP contribution in [0.25, 0.3) is 0 Å². The average molecular weight is 350 g/mol. The summed E-state index contributed by atoms with van der Waals surface area (Å²) in [5, 5.41) is 4.64. The van der Waals surface area contributed by atoms with Crippen LogP contribution in [-0.4, -0.2) is 36.4 Å². The van der Waals surface area contributed by atoms with E-state index in [-0.39, 0.29) is 0 Å². The van der Waals surface area contributed by atoms with Gasteiger partial charge in [0.25, 0.3) is 5.82 Å². The van der Waals surface area contributed by atoms with Crippen molar-refractivity contribution in [2.75, 3.05) is 19.1 Å². The summed E-state index contributed by atoms with van der Waals surface area (Å²) >= 11 is 0. The lowest BCUT2D eigenvalue weighted by atomic mass is 10.2. The van der Waals surface area contributed by atoms with Crippen molar-refractivity contribution in [3.63, 3.8) is 0 Å². The van der Waals surface area contributed by atoms with Gasteiger partial charge in [-0.2, -0.15) is 0 Å². The molecule has 8 nitrogen and oxygen atoms in total. The van der Waals surface area contributed by atoms with Crippen LogP contribution in [0, 0.1) is 0 Å². The van der Waals surface area contributed by atoms with Crippen LogP contribution in [-0.2, 0) is 34.5 Å². The van der Waals surface area contributed by atoms with Gasteiger partial charge in [0, 0.05) is 13.0 Å². The maximum absolute atomic E-state index is 9.22. The second kappa shape index (κ2) is 11.4. The summed E-state index contributed by atoms with van der Waals surface area (Å²) in [4.78, 5) is 0. The first kappa shape index (κ1) is 21.8. The molecule has 1 N–H and O–H groups in total. The zero-order valence-electron chi connectivity index (χ0n) is 14.8. The van der Waals surface area contributed by atoms with E-state index < -0.39 is 10.4 Å². The fourth-order valence-electron chi connectivity index (χ4n) is 2.02. The molecule has 0 aliphatic heterocycles. The molecule has 9 heteroatoms. The highest BCUT2D eigenvalue weighted by atomic mass is 32.3. The van der Waals surface area contributed by atoms with Gasteiger partial charge >= 0.3 is 5.82 Å². The van der Waals surface area contributed by atoms with Gasteiger partial charge in [-0.1, -0.05) is 26.7 Å². The summed E-state index contributed by atoms with van der Waals surface area (Å²) in [6.45, 7) is 7.52. The first-order chi connectivity index (χ1) is 10.8. The van der Waals surface area contributed by atoms with Crippen LogP contribution in [0.2, 0.25) is 0 Å². The molecular weight excluding hydrogens is 320 g/mol. The minimum Gasteiger partial charge on any atom is -0.726 e. The molecule has 1 aromatic heterocycles. The summed E-state index contributed by atoms with van der Waals surface area (Å²) in [6, 6.07) is 0. The Labute approximate surface area is 139 Å². The number of nitrogens with one attached hydrogen (secondary N) is 1. The number of unbranched alkanes of at least 4 members (excludes halogenated alkanes) is 2. The highest BCUT2D eigenvalue weighted by molar-refractivity contribution is 7.80. The smallest absolute Gasteiger partial charge is 0.301 e. The number of aryl methyl sites for hydroxylation is 2. The van der Waals surface area contributed by atoms with Gasteiger partial charge < -0.3 is 4.55 Å². The van der Waals surface area contributed by atoms with E-state index in [4.69, 9.17) is 0 Å². The topological polar surface area (TPSA) is 100 Å². The Morgan fingerprint density at radius 2 is 1.74 bits per heavy atom. The van der Waals surface area contributed by atoms with Crippen molar-refractivity contribution in [3.8, 4) is 0 Å². The standard InChI is InChI=1S/C13H27N4.CH4O4S/c1-5-8-10-12-15-16(4)13(11-9-6-2)17(12)14-7-3;1-5-6(2,3)4/h14H,5-11H2,1-4H3;1H3,(H,2,3,4)/q+1;/p-1. The molecule has 0 atom stereocenters. The van der Waals surface area contributed by atoms with Gasteiger partial charge in [0.2, 0.25) is 10.4 Å². The van der Waals surface area contributed by atoms with Crippen molar-refractivity contribution in [2.45, 2.75) is 59.3 Å². The molecule has 0 saturated carbocycles. The third-order valence-corrected chi connectivity index (χ3v) is 3.59. The molecule has 0 spiro atoms. The molecule has 0 amide bonds. The predicted molar refractivity (Wildman–Crippen MR) is 87.2 cm³/mol. The molecule has 0 bridgehead atoms. The second-order valence-electron chi connectivity index (χ2n) is 5.09. The van der Waals surface area contributed by atoms with E-state index >= 15 is 0 Å². The van der Waals surface area contributed by atoms with Crippen LogP contribution >= 0.6 is 0 Å². The first-order valence-corrected chi connectivity index (χ1v) is 9.36. The molecule has 136 valence electrons. The molecule has 1 rings (SSSR count). The lowest BCUT2D eigenvalue weighted by molar-refractivity contribution is -0.736. The van der Waals surface area contributed by atoms with E-state index in [0.29, 0.717) is 0 Å². The molecule has 0 fully saturated rings. The van der Waals surface area contributed by atoms with E-state index in [1.165, 1.54) is 37.3 Å². The summed E-state index contributed by atoms with van der Waals surface area (Å²) in [5.41, 5.74) is 3.42. The van der Waals surface area contributed by atoms with Gasteiger partial charge in [-0.15, -0.1) is 9.36 Å². The fraction of sp³-hybridized carbons (Fsp3) is 0.857. The average Bonchev–Trinajstić information content (AvgIpc) is 2.79. The number of aromatic nitrogens is 3. The SMILES string of the molecule is CCCCc1n[n+](C)c(CCCC)n1NCC.COS(=O)(=O)[O-]. The Balaban J connectivity index is 0.000000688. The van der Waals surface area contributed by atoms with Gasteiger partial charge in [-0.05, 0) is 24.9 Å². The van der Waals surface area contributed by atoms with Crippen LogP contribution in [0.15, 0.2) is 0 Å². The molecule has 0 aromatic carbocycles. The number of hydrogen-bond acceptors (Lipinski definition) is 6. The molecule has 23 heavy (non-hydrogen) atoms. The molecular formula is C14H30N4O4S. The van der Waals surface area contributed by atoms with Crippen LogP contribution < -0.4 is 10.1 Å². The van der Waals surface area contributed by atoms with Crippen LogP contribution in [0.1, 0.15) is 58.1 Å². The Morgan fingerprint density at radius 3 is 2.17 bits per heavy atom. The summed E-state index contributed by atoms with van der Waals surface area (Å²) in [6.07, 6.45) is 7.02. The van der Waals surface area contributed by atoms with E-state index in [1.807, 2.05) is 11.7 Å². The normalized spacial score (nSPS) is 11.0. The van der Waals surface area contributed by atoms with Crippen LogP contribution in [0.5, 0.6) is 0 Å². The highest BCUT2D eigenvalue weighted by Gasteiger charge is 2.22. The van der Waals surface area contributed by atoms with E-state index in [1.54, 1.807) is 0 Å². The van der Waals surface area contributed by atoms with Gasteiger partial charge in [0.1, 0.15) is 7.05 Å². The zero-order chi connectivity index (χ0) is 17.9. The Morgan fingerprint density at radius 1 is 1.22 bits per heavy atom. The lowest BCUT2D eigenvalue weighted by Crippen LogP contribution is -2.36. The highest BCUT2D eigenvalue weighted by Crippen LogP contribution is 2.06. The molecule has 0 aliphatic rings. The quantitative estimate of drug-likeness (QED) is 0.406. The summed E-state index contributed by atoms with van der Waals surface area (Å²) in [7, 11) is -1.55. The predicted octanol–water partition coefficient (Wildman–Crippen LogP) is 1.05. The van der Waals surface area contributed by atoms with E-state index in [0.717, 1.165) is 26.5 Å². The number of hydrogen-bond donors (Lipinski definition) is 1. The van der Waals surface area contributed by atoms with Crippen LogP contribution in [0.3, 0.4) is 0 Å². The van der Waals surface area contributed by atoms with Gasteiger partial charge in [0.15, 0.2) is 0 Å². The Kier molecular flexibility index (Phi) is 10.8. The summed E-state index contributed by atoms with van der Waals surface area (Å²) in [5.74, 6) is 2.46. The zero-order valence-corrected chi connectivity index (χ0v) is 15.6. The van der Waals surface area contributed by atoms with Gasteiger partial charge in [-0.25, -0.2) is 8.42 Å². The van der Waals surface area contributed by atoms with Crippen molar-refractivity contribution >= 4 is 10.4 Å². The lowest BCUT2D eigenvalue weighted by Gasteiger charge is -2.03. The summed E-state index contributed by atoms with van der Waals surface area (Å²) < 4.78 is 35.3. The van der Waals surface area contributed by atoms with Crippen molar-refractivity contribution in [1.29, 1.82) is 0 Å². The maximum atomic E-state index is 9.22. The number of nitrogens with zero attached hydrogens (tertiary/aromatic N) is 3. The minimum absolute atomic E-state index is 0.808. The van der Waals surface area contributed by atoms with Crippen LogP contribution in [0.4, 0.5) is 0 Å². The first-order valence-electron chi connectivity index (χ1n) is 8.02. The van der Waals surface area contributed by atoms with E-state index in [9.17, 15) is 13.0 Å². The Bertz CT molecular complexity index is 543. The van der Waals surface area contributed by atoms with Crippen molar-refractivity contribution < 1.29 is 21.8 Å². The maximum Gasteiger partial charge on any atom is 0.301 e. The van der Waals surface area contributed by atoms with Crippen molar-refractivity contribution in [3.05, 3.63) is 11.6 Å². The van der Waals surface area contributed by atoms with Crippen molar-refractivity contribution in [2.24, 2.45) is 7.05 Å². The van der Waals surface area contributed by atoms with Gasteiger partial charge in [-0.3, -0.25) is 9.61 Å². The largest absolute Gasteiger partial charge is 0.726 e. The molecule has 1 heterocycles. The molecule has 0 saturated heterocycles. The fourth-order valence-corrected chi connectivity index (χ4v) is 2.02. The molecule has 0 aliphatic carbocycles. The van der Waals surface area contributed by atoms with Gasteiger partial charge in [0.05, 0.1) is 13.5 Å². The molecule has 0 radical (unpaired) electrons. The minimum atomic E-state index is -4.41.